The first kappa shape index (κ1) is 12.6. The maximum Gasteiger partial charge on any atom is 0.355 e. The van der Waals surface area contributed by atoms with Crippen LogP contribution in [0.2, 0.25) is 0 Å². The molecule has 0 aromatic carbocycles. The first-order valence-electron chi connectivity index (χ1n) is 5.49. The number of thiazole rings is 1. The first-order chi connectivity index (χ1) is 8.47. The highest BCUT2D eigenvalue weighted by Crippen LogP contribution is 2.26. The molecule has 0 radical (unpaired) electrons. The van der Waals surface area contributed by atoms with E-state index in [1.54, 1.807) is 0 Å². The van der Waals surface area contributed by atoms with Gasteiger partial charge in [0.2, 0.25) is 0 Å². The third-order valence-corrected chi connectivity index (χ3v) is 3.38. The Kier molecular flexibility index (Phi) is 3.38. The van der Waals surface area contributed by atoms with Crippen LogP contribution in [0.5, 0.6) is 0 Å². The van der Waals surface area contributed by atoms with Gasteiger partial charge in [-0.15, -0.1) is 11.3 Å². The zero-order valence-corrected chi connectivity index (χ0v) is 11.2. The monoisotopic (exact) mass is 266 g/mol. The van der Waals surface area contributed by atoms with Gasteiger partial charge < -0.3 is 14.8 Å². The van der Waals surface area contributed by atoms with Gasteiger partial charge >= 0.3 is 5.97 Å². The van der Waals surface area contributed by atoms with Crippen LogP contribution in [-0.2, 0) is 0 Å². The van der Waals surface area contributed by atoms with E-state index in [1.807, 2.05) is 26.8 Å². The molecule has 0 aliphatic rings. The van der Waals surface area contributed by atoms with Gasteiger partial charge in [-0.3, -0.25) is 0 Å². The van der Waals surface area contributed by atoms with Crippen LogP contribution in [0.3, 0.4) is 0 Å². The minimum atomic E-state index is -1.01. The van der Waals surface area contributed by atoms with Crippen LogP contribution >= 0.6 is 11.3 Å². The second-order valence-corrected chi connectivity index (χ2v) is 4.94. The molecule has 0 fully saturated rings. The number of hydrogen-bond acceptors (Lipinski definition) is 5. The Bertz CT molecular complexity index is 574. The Morgan fingerprint density at radius 3 is 2.78 bits per heavy atom. The number of rotatable bonds is 4. The van der Waals surface area contributed by atoms with Crippen molar-refractivity contribution in [1.29, 1.82) is 0 Å². The molecule has 0 saturated heterocycles. The number of aromatic carboxylic acids is 1. The van der Waals surface area contributed by atoms with E-state index in [4.69, 9.17) is 9.52 Å². The standard InChI is InChI=1S/C12H14N2O3S/c1-6-4-9(8(3)17-6)7(2)13-12-14-10(5-18-12)11(15)16/h4-5,7H,1-3H3,(H,13,14)(H,15,16). The molecule has 0 aliphatic carbocycles. The van der Waals surface area contributed by atoms with Crippen LogP contribution in [0, 0.1) is 13.8 Å². The second-order valence-electron chi connectivity index (χ2n) is 4.08. The van der Waals surface area contributed by atoms with E-state index in [-0.39, 0.29) is 11.7 Å². The smallest absolute Gasteiger partial charge is 0.355 e. The molecule has 0 amide bonds. The summed E-state index contributed by atoms with van der Waals surface area (Å²) < 4.78 is 5.47. The quantitative estimate of drug-likeness (QED) is 0.888. The summed E-state index contributed by atoms with van der Waals surface area (Å²) in [5, 5.41) is 14.1. The SMILES string of the molecule is Cc1cc(C(C)Nc2nc(C(=O)O)cs2)c(C)o1. The second kappa shape index (κ2) is 4.81. The van der Waals surface area contributed by atoms with Gasteiger partial charge in [-0.1, -0.05) is 0 Å². The number of nitrogens with zero attached hydrogens (tertiary/aromatic N) is 1. The van der Waals surface area contributed by atoms with Crippen LogP contribution in [0.1, 0.15) is 40.5 Å². The van der Waals surface area contributed by atoms with E-state index >= 15 is 0 Å². The fraction of sp³-hybridized carbons (Fsp3) is 0.333. The van der Waals surface area contributed by atoms with Crippen LogP contribution in [0.4, 0.5) is 5.13 Å². The number of aryl methyl sites for hydroxylation is 2. The lowest BCUT2D eigenvalue weighted by Crippen LogP contribution is -2.07. The predicted octanol–water partition coefficient (Wildman–Crippen LogP) is 3.22. The number of carboxylic acid groups (broad SMARTS) is 1. The van der Waals surface area contributed by atoms with Crippen LogP contribution in [0.25, 0.3) is 0 Å². The fourth-order valence-electron chi connectivity index (χ4n) is 1.78. The molecule has 2 heterocycles. The lowest BCUT2D eigenvalue weighted by atomic mass is 10.1. The van der Waals surface area contributed by atoms with E-state index in [0.717, 1.165) is 17.1 Å². The van der Waals surface area contributed by atoms with Crippen molar-refractivity contribution in [3.63, 3.8) is 0 Å². The van der Waals surface area contributed by atoms with Gasteiger partial charge in [0.05, 0.1) is 6.04 Å². The van der Waals surface area contributed by atoms with Crippen molar-refractivity contribution in [2.45, 2.75) is 26.8 Å². The molecule has 0 saturated carbocycles. The lowest BCUT2D eigenvalue weighted by Gasteiger charge is -2.11. The van der Waals surface area contributed by atoms with Crippen LogP contribution < -0.4 is 5.32 Å². The van der Waals surface area contributed by atoms with E-state index in [9.17, 15) is 4.79 Å². The molecule has 2 aromatic heterocycles. The zero-order chi connectivity index (χ0) is 13.3. The van der Waals surface area contributed by atoms with Gasteiger partial charge in [0.25, 0.3) is 0 Å². The van der Waals surface area contributed by atoms with E-state index in [0.29, 0.717) is 5.13 Å². The number of nitrogens with one attached hydrogen (secondary N) is 1. The number of carbonyl (C=O) groups is 1. The average molecular weight is 266 g/mol. The van der Waals surface area contributed by atoms with Crippen LogP contribution in [-0.4, -0.2) is 16.1 Å². The van der Waals surface area contributed by atoms with Gasteiger partial charge in [0.1, 0.15) is 11.5 Å². The maximum atomic E-state index is 10.7. The van der Waals surface area contributed by atoms with Gasteiger partial charge in [-0.05, 0) is 26.8 Å². The zero-order valence-electron chi connectivity index (χ0n) is 10.4. The summed E-state index contributed by atoms with van der Waals surface area (Å²) in [6.07, 6.45) is 0. The normalized spacial score (nSPS) is 12.4. The average Bonchev–Trinajstić information content (AvgIpc) is 2.85. The summed E-state index contributed by atoms with van der Waals surface area (Å²) in [6.45, 7) is 5.79. The van der Waals surface area contributed by atoms with Crippen molar-refractivity contribution in [2.75, 3.05) is 5.32 Å². The fourth-order valence-corrected chi connectivity index (χ4v) is 2.55. The molecule has 1 unspecified atom stereocenters. The largest absolute Gasteiger partial charge is 0.476 e. The van der Waals surface area contributed by atoms with Crippen molar-refractivity contribution >= 4 is 22.4 Å². The number of hydrogen-bond donors (Lipinski definition) is 2. The van der Waals surface area contributed by atoms with Gasteiger partial charge in [0, 0.05) is 10.9 Å². The summed E-state index contributed by atoms with van der Waals surface area (Å²) in [5.74, 6) is 0.714. The third kappa shape index (κ3) is 2.53. The van der Waals surface area contributed by atoms with Crippen molar-refractivity contribution in [1.82, 2.24) is 4.98 Å². The summed E-state index contributed by atoms with van der Waals surface area (Å²) in [7, 11) is 0. The highest BCUT2D eigenvalue weighted by Gasteiger charge is 2.15. The van der Waals surface area contributed by atoms with Crippen molar-refractivity contribution in [2.24, 2.45) is 0 Å². The predicted molar refractivity (Wildman–Crippen MR) is 69.3 cm³/mol. The number of anilines is 1. The van der Waals surface area contributed by atoms with E-state index in [1.165, 1.54) is 16.7 Å². The van der Waals surface area contributed by atoms with Crippen molar-refractivity contribution < 1.29 is 14.3 Å². The first-order valence-corrected chi connectivity index (χ1v) is 6.37. The summed E-state index contributed by atoms with van der Waals surface area (Å²) in [6, 6.07) is 1.99. The Morgan fingerprint density at radius 2 is 2.28 bits per heavy atom. The summed E-state index contributed by atoms with van der Waals surface area (Å²) >= 11 is 1.28. The third-order valence-electron chi connectivity index (χ3n) is 2.61. The minimum Gasteiger partial charge on any atom is -0.476 e. The molecule has 5 nitrogen and oxygen atoms in total. The Balaban J connectivity index is 2.13. The molecule has 0 spiro atoms. The molecular weight excluding hydrogens is 252 g/mol. The highest BCUT2D eigenvalue weighted by molar-refractivity contribution is 7.13. The van der Waals surface area contributed by atoms with E-state index in [2.05, 4.69) is 10.3 Å². The molecule has 96 valence electrons. The minimum absolute atomic E-state index is 0.0234. The van der Waals surface area contributed by atoms with Gasteiger partial charge in [-0.25, -0.2) is 9.78 Å². The Hall–Kier alpha value is -1.82. The Morgan fingerprint density at radius 1 is 1.56 bits per heavy atom. The maximum absolute atomic E-state index is 10.7. The number of aromatic nitrogens is 1. The molecule has 6 heteroatoms. The topological polar surface area (TPSA) is 75.4 Å². The molecule has 0 aliphatic heterocycles. The molecule has 2 rings (SSSR count). The molecule has 18 heavy (non-hydrogen) atoms. The molecule has 1 atom stereocenters. The summed E-state index contributed by atoms with van der Waals surface area (Å²) in [4.78, 5) is 14.7. The number of carboxylic acids is 1. The highest BCUT2D eigenvalue weighted by atomic mass is 32.1. The molecule has 2 N–H and O–H groups in total. The number of furan rings is 1. The lowest BCUT2D eigenvalue weighted by molar-refractivity contribution is 0.0691. The van der Waals surface area contributed by atoms with Crippen molar-refractivity contribution in [3.05, 3.63) is 34.2 Å². The van der Waals surface area contributed by atoms with Crippen LogP contribution in [0.15, 0.2) is 15.9 Å². The molecular formula is C12H14N2O3S. The van der Waals surface area contributed by atoms with Gasteiger partial charge in [-0.2, -0.15) is 0 Å². The molecule has 0 bridgehead atoms. The van der Waals surface area contributed by atoms with Gasteiger partial charge in [0.15, 0.2) is 10.8 Å². The summed E-state index contributed by atoms with van der Waals surface area (Å²) in [5.41, 5.74) is 1.12. The van der Waals surface area contributed by atoms with Crippen molar-refractivity contribution in [3.8, 4) is 0 Å². The van der Waals surface area contributed by atoms with E-state index < -0.39 is 5.97 Å². The Labute approximate surface area is 108 Å². The molecule has 2 aromatic rings.